The number of hydrogen-bond acceptors (Lipinski definition) is 2. The zero-order valence-corrected chi connectivity index (χ0v) is 14.5. The van der Waals surface area contributed by atoms with Crippen LogP contribution in [0.25, 0.3) is 0 Å². The monoisotopic (exact) mass is 294 g/mol. The van der Waals surface area contributed by atoms with Crippen molar-refractivity contribution < 1.29 is 0 Å². The lowest BCUT2D eigenvalue weighted by Crippen LogP contribution is -2.46. The smallest absolute Gasteiger partial charge is 0.0110 e. The first-order valence-corrected chi connectivity index (χ1v) is 9.81. The van der Waals surface area contributed by atoms with Crippen LogP contribution in [0.5, 0.6) is 0 Å². The van der Waals surface area contributed by atoms with Gasteiger partial charge in [0.25, 0.3) is 0 Å². The van der Waals surface area contributed by atoms with E-state index in [0.29, 0.717) is 0 Å². The molecule has 0 aromatic carbocycles. The highest BCUT2D eigenvalue weighted by atomic mass is 15.0. The summed E-state index contributed by atoms with van der Waals surface area (Å²) in [7, 11) is 0. The standard InChI is InChI=1S/C19H38N2/c1-3-20-18(16-11-7-5-8-12-16)15-19(21-4-2)17-13-9-6-10-14-17/h16-21H,3-15H2,1-2H3. The van der Waals surface area contributed by atoms with E-state index >= 15 is 0 Å². The largest absolute Gasteiger partial charge is 0.314 e. The molecule has 0 aliphatic heterocycles. The minimum absolute atomic E-state index is 0.751. The molecule has 21 heavy (non-hydrogen) atoms. The Bertz CT molecular complexity index is 228. The molecule has 2 N–H and O–H groups in total. The molecule has 2 atom stereocenters. The van der Waals surface area contributed by atoms with Crippen LogP contribution in [0.2, 0.25) is 0 Å². The molecule has 0 aromatic heterocycles. The van der Waals surface area contributed by atoms with Crippen LogP contribution in [-0.2, 0) is 0 Å². The molecule has 2 aliphatic carbocycles. The Balaban J connectivity index is 1.92. The second kappa shape index (κ2) is 9.84. The van der Waals surface area contributed by atoms with Gasteiger partial charge in [0.1, 0.15) is 0 Å². The molecule has 2 nitrogen and oxygen atoms in total. The van der Waals surface area contributed by atoms with Gasteiger partial charge in [0, 0.05) is 12.1 Å². The summed E-state index contributed by atoms with van der Waals surface area (Å²) in [6, 6.07) is 1.50. The van der Waals surface area contributed by atoms with Crippen molar-refractivity contribution in [1.82, 2.24) is 10.6 Å². The van der Waals surface area contributed by atoms with Crippen LogP contribution in [0.4, 0.5) is 0 Å². The molecular weight excluding hydrogens is 256 g/mol. The van der Waals surface area contributed by atoms with Crippen molar-refractivity contribution in [2.45, 2.75) is 96.6 Å². The summed E-state index contributed by atoms with van der Waals surface area (Å²) in [5.74, 6) is 1.87. The van der Waals surface area contributed by atoms with Crippen molar-refractivity contribution in [3.8, 4) is 0 Å². The van der Waals surface area contributed by atoms with E-state index in [-0.39, 0.29) is 0 Å². The number of hydrogen-bond donors (Lipinski definition) is 2. The molecule has 0 radical (unpaired) electrons. The van der Waals surface area contributed by atoms with E-state index in [4.69, 9.17) is 0 Å². The summed E-state index contributed by atoms with van der Waals surface area (Å²) < 4.78 is 0. The van der Waals surface area contributed by atoms with Gasteiger partial charge in [-0.1, -0.05) is 52.4 Å². The number of rotatable bonds is 8. The Hall–Kier alpha value is -0.0800. The van der Waals surface area contributed by atoms with Gasteiger partial charge in [-0.25, -0.2) is 0 Å². The second-order valence-corrected chi connectivity index (χ2v) is 7.36. The molecule has 2 saturated carbocycles. The van der Waals surface area contributed by atoms with Crippen molar-refractivity contribution in [3.05, 3.63) is 0 Å². The zero-order valence-electron chi connectivity index (χ0n) is 14.5. The average Bonchev–Trinajstić information content (AvgIpc) is 2.55. The van der Waals surface area contributed by atoms with Gasteiger partial charge in [-0.2, -0.15) is 0 Å². The summed E-state index contributed by atoms with van der Waals surface area (Å²) >= 11 is 0. The van der Waals surface area contributed by atoms with Gasteiger partial charge in [-0.15, -0.1) is 0 Å². The molecule has 124 valence electrons. The SMILES string of the molecule is CCNC(CC(NCC)C1CCCCC1)C1CCCCC1. The van der Waals surface area contributed by atoms with Crippen molar-refractivity contribution in [2.24, 2.45) is 11.8 Å². The predicted molar refractivity (Wildman–Crippen MR) is 92.7 cm³/mol. The topological polar surface area (TPSA) is 24.1 Å². The maximum absolute atomic E-state index is 3.84. The summed E-state index contributed by atoms with van der Waals surface area (Å²) in [5.41, 5.74) is 0. The molecule has 2 fully saturated rings. The molecule has 2 heteroatoms. The first-order chi connectivity index (χ1) is 10.3. The Morgan fingerprint density at radius 3 is 1.38 bits per heavy atom. The van der Waals surface area contributed by atoms with Gasteiger partial charge < -0.3 is 10.6 Å². The molecule has 0 saturated heterocycles. The first kappa shape index (κ1) is 17.3. The van der Waals surface area contributed by atoms with Gasteiger partial charge in [-0.05, 0) is 57.0 Å². The molecule has 2 aliphatic rings. The predicted octanol–water partition coefficient (Wildman–Crippen LogP) is 4.49. The Labute approximate surface area is 132 Å². The van der Waals surface area contributed by atoms with Crippen molar-refractivity contribution >= 4 is 0 Å². The molecule has 2 unspecified atom stereocenters. The third-order valence-electron chi connectivity index (χ3n) is 5.88. The van der Waals surface area contributed by atoms with Crippen LogP contribution in [0.1, 0.15) is 84.5 Å². The highest BCUT2D eigenvalue weighted by Crippen LogP contribution is 2.32. The molecule has 0 amide bonds. The van der Waals surface area contributed by atoms with E-state index in [0.717, 1.165) is 37.0 Å². The average molecular weight is 295 g/mol. The van der Waals surface area contributed by atoms with Crippen LogP contribution in [-0.4, -0.2) is 25.2 Å². The van der Waals surface area contributed by atoms with Crippen molar-refractivity contribution in [1.29, 1.82) is 0 Å². The Kier molecular flexibility index (Phi) is 8.10. The molecule has 0 heterocycles. The quantitative estimate of drug-likeness (QED) is 0.689. The fourth-order valence-corrected chi connectivity index (χ4v) is 4.76. The molecule has 0 bridgehead atoms. The summed E-state index contributed by atoms with van der Waals surface area (Å²) in [6.07, 6.45) is 16.0. The maximum atomic E-state index is 3.84. The summed E-state index contributed by atoms with van der Waals surface area (Å²) in [6.45, 7) is 6.81. The third-order valence-corrected chi connectivity index (χ3v) is 5.88. The Morgan fingerprint density at radius 1 is 0.667 bits per heavy atom. The molecule has 0 spiro atoms. The lowest BCUT2D eigenvalue weighted by Gasteiger charge is -2.37. The fraction of sp³-hybridized carbons (Fsp3) is 1.00. The van der Waals surface area contributed by atoms with Crippen LogP contribution < -0.4 is 10.6 Å². The molecule has 0 aromatic rings. The highest BCUT2D eigenvalue weighted by molar-refractivity contribution is 4.87. The van der Waals surface area contributed by atoms with Crippen LogP contribution in [0, 0.1) is 11.8 Å². The van der Waals surface area contributed by atoms with E-state index in [1.54, 1.807) is 0 Å². The summed E-state index contributed by atoms with van der Waals surface area (Å²) in [4.78, 5) is 0. The molecular formula is C19H38N2. The minimum Gasteiger partial charge on any atom is -0.314 e. The molecule has 2 rings (SSSR count). The third kappa shape index (κ3) is 5.56. The zero-order chi connectivity index (χ0) is 14.9. The fourth-order valence-electron chi connectivity index (χ4n) is 4.76. The van der Waals surface area contributed by atoms with E-state index in [1.807, 2.05) is 0 Å². The van der Waals surface area contributed by atoms with Gasteiger partial charge in [-0.3, -0.25) is 0 Å². The number of nitrogens with one attached hydrogen (secondary N) is 2. The highest BCUT2D eigenvalue weighted by Gasteiger charge is 2.29. The van der Waals surface area contributed by atoms with Crippen LogP contribution in [0.15, 0.2) is 0 Å². The van der Waals surface area contributed by atoms with Gasteiger partial charge in [0.15, 0.2) is 0 Å². The van der Waals surface area contributed by atoms with E-state index in [9.17, 15) is 0 Å². The Morgan fingerprint density at radius 2 is 1.05 bits per heavy atom. The lowest BCUT2D eigenvalue weighted by molar-refractivity contribution is 0.198. The van der Waals surface area contributed by atoms with Crippen LogP contribution in [0.3, 0.4) is 0 Å². The van der Waals surface area contributed by atoms with Crippen molar-refractivity contribution in [3.63, 3.8) is 0 Å². The van der Waals surface area contributed by atoms with Crippen LogP contribution >= 0.6 is 0 Å². The first-order valence-electron chi connectivity index (χ1n) is 9.81. The second-order valence-electron chi connectivity index (χ2n) is 7.36. The normalized spacial score (nSPS) is 24.9. The van der Waals surface area contributed by atoms with E-state index in [1.165, 1.54) is 70.6 Å². The van der Waals surface area contributed by atoms with E-state index < -0.39 is 0 Å². The van der Waals surface area contributed by atoms with E-state index in [2.05, 4.69) is 24.5 Å². The minimum atomic E-state index is 0.751. The maximum Gasteiger partial charge on any atom is 0.0110 e. The lowest BCUT2D eigenvalue weighted by atomic mass is 9.77. The summed E-state index contributed by atoms with van der Waals surface area (Å²) in [5, 5.41) is 7.68. The van der Waals surface area contributed by atoms with Gasteiger partial charge in [0.05, 0.1) is 0 Å². The van der Waals surface area contributed by atoms with Gasteiger partial charge >= 0.3 is 0 Å². The van der Waals surface area contributed by atoms with Gasteiger partial charge in [0.2, 0.25) is 0 Å². The van der Waals surface area contributed by atoms with Crippen molar-refractivity contribution in [2.75, 3.05) is 13.1 Å².